The van der Waals surface area contributed by atoms with Gasteiger partial charge in [0.05, 0.1) is 5.69 Å². The van der Waals surface area contributed by atoms with Crippen LogP contribution >= 0.6 is 0 Å². The molecular formula is C11H10FNO2. The highest BCUT2D eigenvalue weighted by Gasteiger charge is 2.11. The average molecular weight is 207 g/mol. The van der Waals surface area contributed by atoms with Crippen LogP contribution < -0.4 is 0 Å². The maximum atomic E-state index is 12.7. The Morgan fingerprint density at radius 3 is 2.20 bits per heavy atom. The molecule has 1 aromatic carbocycles. The van der Waals surface area contributed by atoms with E-state index in [1.54, 1.807) is 6.92 Å². The van der Waals surface area contributed by atoms with Crippen molar-refractivity contribution in [3.8, 4) is 17.4 Å². The van der Waals surface area contributed by atoms with E-state index in [1.807, 2.05) is 0 Å². The summed E-state index contributed by atoms with van der Waals surface area (Å²) in [5.74, 6) is -0.475. The van der Waals surface area contributed by atoms with Gasteiger partial charge < -0.3 is 10.2 Å². The van der Waals surface area contributed by atoms with Crippen molar-refractivity contribution in [2.75, 3.05) is 0 Å². The number of aryl methyl sites for hydroxylation is 1. The Kier molecular flexibility index (Phi) is 2.11. The van der Waals surface area contributed by atoms with E-state index in [1.165, 1.54) is 34.9 Å². The third-order valence-corrected chi connectivity index (χ3v) is 2.22. The standard InChI is InChI=1S/C11H10FNO2/c1-7-6-10(14)13(11(7)15)9-4-2-8(12)3-5-9/h2-6,14-15H,1H3. The van der Waals surface area contributed by atoms with Crippen molar-refractivity contribution in [2.45, 2.75) is 6.92 Å². The largest absolute Gasteiger partial charge is 0.494 e. The first-order valence-corrected chi connectivity index (χ1v) is 4.46. The van der Waals surface area contributed by atoms with Crippen molar-refractivity contribution in [3.05, 3.63) is 41.7 Å². The van der Waals surface area contributed by atoms with Crippen molar-refractivity contribution in [3.63, 3.8) is 0 Å². The first-order chi connectivity index (χ1) is 7.09. The zero-order valence-electron chi connectivity index (χ0n) is 8.11. The van der Waals surface area contributed by atoms with E-state index in [2.05, 4.69) is 0 Å². The molecular weight excluding hydrogens is 197 g/mol. The molecule has 0 saturated heterocycles. The minimum atomic E-state index is -0.360. The molecule has 0 fully saturated rings. The molecule has 0 aliphatic rings. The number of aromatic hydroxyl groups is 2. The van der Waals surface area contributed by atoms with Crippen LogP contribution in [0.25, 0.3) is 5.69 Å². The monoisotopic (exact) mass is 207 g/mol. The van der Waals surface area contributed by atoms with Crippen LogP contribution in [0, 0.1) is 12.7 Å². The molecule has 78 valence electrons. The highest BCUT2D eigenvalue weighted by molar-refractivity contribution is 5.46. The second-order valence-corrected chi connectivity index (χ2v) is 3.32. The van der Waals surface area contributed by atoms with Crippen LogP contribution in [-0.4, -0.2) is 14.8 Å². The summed E-state index contributed by atoms with van der Waals surface area (Å²) in [5.41, 5.74) is 1.08. The Balaban J connectivity index is 2.58. The molecule has 0 saturated carbocycles. The van der Waals surface area contributed by atoms with Crippen LogP contribution in [0.1, 0.15) is 5.56 Å². The lowest BCUT2D eigenvalue weighted by Crippen LogP contribution is -1.92. The number of rotatable bonds is 1. The van der Waals surface area contributed by atoms with Gasteiger partial charge in [0, 0.05) is 11.6 Å². The summed E-state index contributed by atoms with van der Waals surface area (Å²) in [6, 6.07) is 6.94. The van der Waals surface area contributed by atoms with Gasteiger partial charge in [-0.05, 0) is 31.2 Å². The van der Waals surface area contributed by atoms with Crippen molar-refractivity contribution in [1.29, 1.82) is 0 Å². The van der Waals surface area contributed by atoms with Crippen LogP contribution in [0.15, 0.2) is 30.3 Å². The Morgan fingerprint density at radius 2 is 1.73 bits per heavy atom. The lowest BCUT2D eigenvalue weighted by Gasteiger charge is -2.06. The molecule has 0 aliphatic heterocycles. The predicted octanol–water partition coefficient (Wildman–Crippen LogP) is 2.34. The molecule has 1 heterocycles. The lowest BCUT2D eigenvalue weighted by atomic mass is 10.3. The summed E-state index contributed by atoms with van der Waals surface area (Å²) in [4.78, 5) is 0. The molecule has 2 N–H and O–H groups in total. The summed E-state index contributed by atoms with van der Waals surface area (Å²) in [6.07, 6.45) is 0. The van der Waals surface area contributed by atoms with Crippen molar-refractivity contribution in [1.82, 2.24) is 4.57 Å². The highest BCUT2D eigenvalue weighted by Crippen LogP contribution is 2.30. The number of aromatic nitrogens is 1. The normalized spacial score (nSPS) is 10.5. The molecule has 2 aromatic rings. The van der Waals surface area contributed by atoms with Crippen LogP contribution in [0.2, 0.25) is 0 Å². The molecule has 0 bridgehead atoms. The zero-order chi connectivity index (χ0) is 11.0. The van der Waals surface area contributed by atoms with Crippen LogP contribution in [0.4, 0.5) is 4.39 Å². The number of benzene rings is 1. The van der Waals surface area contributed by atoms with E-state index in [0.717, 1.165) is 0 Å². The van der Waals surface area contributed by atoms with Gasteiger partial charge in [-0.3, -0.25) is 4.57 Å². The van der Waals surface area contributed by atoms with Gasteiger partial charge >= 0.3 is 0 Å². The summed E-state index contributed by atoms with van der Waals surface area (Å²) < 4.78 is 13.9. The predicted molar refractivity (Wildman–Crippen MR) is 53.8 cm³/mol. The second-order valence-electron chi connectivity index (χ2n) is 3.32. The Morgan fingerprint density at radius 1 is 1.13 bits per heavy atom. The minimum absolute atomic E-state index is 0.0425. The lowest BCUT2D eigenvalue weighted by molar-refractivity contribution is 0.401. The maximum absolute atomic E-state index is 12.7. The first-order valence-electron chi connectivity index (χ1n) is 4.46. The smallest absolute Gasteiger partial charge is 0.201 e. The maximum Gasteiger partial charge on any atom is 0.201 e. The number of nitrogens with zero attached hydrogens (tertiary/aromatic N) is 1. The average Bonchev–Trinajstić information content (AvgIpc) is 2.44. The molecule has 0 spiro atoms. The molecule has 0 amide bonds. The van der Waals surface area contributed by atoms with E-state index in [0.29, 0.717) is 11.3 Å². The molecule has 0 unspecified atom stereocenters. The van der Waals surface area contributed by atoms with Crippen LogP contribution in [-0.2, 0) is 0 Å². The Labute approximate surface area is 86.0 Å². The van der Waals surface area contributed by atoms with E-state index in [4.69, 9.17) is 0 Å². The second kappa shape index (κ2) is 3.31. The number of hydrogen-bond acceptors (Lipinski definition) is 2. The molecule has 4 heteroatoms. The first kappa shape index (κ1) is 9.58. The Hall–Kier alpha value is -1.97. The van der Waals surface area contributed by atoms with Crippen molar-refractivity contribution in [2.24, 2.45) is 0 Å². The third kappa shape index (κ3) is 1.54. The van der Waals surface area contributed by atoms with Gasteiger partial charge in [-0.25, -0.2) is 4.39 Å². The van der Waals surface area contributed by atoms with Gasteiger partial charge in [0.15, 0.2) is 5.88 Å². The molecule has 3 nitrogen and oxygen atoms in total. The topological polar surface area (TPSA) is 45.4 Å². The van der Waals surface area contributed by atoms with Crippen molar-refractivity contribution >= 4 is 0 Å². The summed E-state index contributed by atoms with van der Waals surface area (Å²) >= 11 is 0. The summed E-state index contributed by atoms with van der Waals surface area (Å²) in [7, 11) is 0. The zero-order valence-corrected chi connectivity index (χ0v) is 8.11. The third-order valence-electron chi connectivity index (χ3n) is 2.22. The summed E-state index contributed by atoms with van der Waals surface area (Å²) in [5, 5.41) is 19.2. The summed E-state index contributed by atoms with van der Waals surface area (Å²) in [6.45, 7) is 1.68. The van der Waals surface area contributed by atoms with Crippen LogP contribution in [0.3, 0.4) is 0 Å². The SMILES string of the molecule is Cc1cc(O)n(-c2ccc(F)cc2)c1O. The molecule has 1 aromatic heterocycles. The highest BCUT2D eigenvalue weighted by atomic mass is 19.1. The van der Waals surface area contributed by atoms with Crippen molar-refractivity contribution < 1.29 is 14.6 Å². The van der Waals surface area contributed by atoms with Gasteiger partial charge in [0.1, 0.15) is 5.82 Å². The van der Waals surface area contributed by atoms with E-state index in [9.17, 15) is 14.6 Å². The minimum Gasteiger partial charge on any atom is -0.494 e. The number of halogens is 1. The molecule has 2 rings (SSSR count). The quantitative estimate of drug-likeness (QED) is 0.753. The molecule has 15 heavy (non-hydrogen) atoms. The fourth-order valence-corrected chi connectivity index (χ4v) is 1.45. The van der Waals surface area contributed by atoms with Crippen LogP contribution in [0.5, 0.6) is 11.8 Å². The molecule has 0 atom stereocenters. The molecule has 0 aliphatic carbocycles. The van der Waals surface area contributed by atoms with E-state index in [-0.39, 0.29) is 17.6 Å². The van der Waals surface area contributed by atoms with Gasteiger partial charge in [0.25, 0.3) is 0 Å². The van der Waals surface area contributed by atoms with Gasteiger partial charge in [-0.2, -0.15) is 0 Å². The molecule has 0 radical (unpaired) electrons. The number of hydrogen-bond donors (Lipinski definition) is 2. The van der Waals surface area contributed by atoms with E-state index >= 15 is 0 Å². The fraction of sp³-hybridized carbons (Fsp3) is 0.0909. The van der Waals surface area contributed by atoms with E-state index < -0.39 is 0 Å². The van der Waals surface area contributed by atoms with Gasteiger partial charge in [-0.1, -0.05) is 0 Å². The Bertz CT molecular complexity index is 488. The van der Waals surface area contributed by atoms with Gasteiger partial charge in [0.2, 0.25) is 5.88 Å². The fourth-order valence-electron chi connectivity index (χ4n) is 1.45. The van der Waals surface area contributed by atoms with Gasteiger partial charge in [-0.15, -0.1) is 0 Å².